The van der Waals surface area contributed by atoms with Gasteiger partial charge in [0.2, 0.25) is 0 Å². The van der Waals surface area contributed by atoms with Gasteiger partial charge in [0.05, 0.1) is 45.5 Å². The topological polar surface area (TPSA) is 64.5 Å². The number of pyridine rings is 4. The van der Waals surface area contributed by atoms with E-state index in [9.17, 15) is 0 Å². The zero-order valence-corrected chi connectivity index (χ0v) is 43.2. The van der Waals surface area contributed by atoms with E-state index in [1.165, 1.54) is 16.5 Å². The van der Waals surface area contributed by atoms with Gasteiger partial charge in [0.25, 0.3) is 0 Å². The highest BCUT2D eigenvalue weighted by Crippen LogP contribution is 2.51. The van der Waals surface area contributed by atoms with Crippen LogP contribution >= 0.6 is 0 Å². The maximum Gasteiger partial charge on any atom is 0.420 e. The summed E-state index contributed by atoms with van der Waals surface area (Å²) in [5.74, 6) is 0. The van der Waals surface area contributed by atoms with Crippen molar-refractivity contribution in [3.63, 3.8) is 0 Å². The molecule has 7 aromatic carbocycles. The molecule has 0 unspecified atom stereocenters. The monoisotopic (exact) mass is 1010 g/mol. The summed E-state index contributed by atoms with van der Waals surface area (Å²) in [6.45, 7) is -0.438. The maximum atomic E-state index is 4.73. The number of nitrogens with zero attached hydrogens (tertiary/aromatic N) is 8. The Balaban J connectivity index is 0.935. The number of allylic oxidation sites excluding steroid dienone is 5. The van der Waals surface area contributed by atoms with Gasteiger partial charge in [-0.2, -0.15) is 0 Å². The largest absolute Gasteiger partial charge is 0.420 e. The van der Waals surface area contributed by atoms with Crippen LogP contribution in [0.2, 0.25) is 0 Å². The molecule has 4 aromatic heterocycles. The predicted octanol–water partition coefficient (Wildman–Crippen LogP) is 14.9. The van der Waals surface area contributed by atoms with Gasteiger partial charge in [-0.1, -0.05) is 146 Å². The molecule has 0 saturated heterocycles. The molecule has 11 aromatic rings. The Labute approximate surface area is 461 Å². The highest BCUT2D eigenvalue weighted by Gasteiger charge is 2.46. The number of benzene rings is 7. The molecule has 0 amide bonds. The fraction of sp³-hybridized carbons (Fsp3) is 0.0145. The molecule has 79 heavy (non-hydrogen) atoms. The Kier molecular flexibility index (Phi) is 12.3. The predicted molar refractivity (Wildman–Crippen MR) is 328 cm³/mol. The standard InChI is InChI=1S/C69H50B2N8/c1-3-17-56(18-4-1)70-76(58-21-15-16-50(26-35-58)62-22-7-11-44-72-62)66-42-33-54(48-68(66)78(70)60-38-29-52(30-39-60)64-24-9-13-46-74-64)55-34-43-67-69(49-55)79(61-40-31-53(32-41-61)65-25-10-14-47-75-65)71(57-19-5-2-6-20-57)77(67)59-36-27-51(28-37-59)63-23-8-12-45-73-63/h1-15,17-49H,16H2. The lowest BCUT2D eigenvalue weighted by atomic mass is 9.64. The summed E-state index contributed by atoms with van der Waals surface area (Å²) in [5, 5.41) is 0. The molecule has 6 heterocycles. The Hall–Kier alpha value is -10.3. The van der Waals surface area contributed by atoms with E-state index >= 15 is 0 Å². The normalized spacial score (nSPS) is 13.7. The van der Waals surface area contributed by atoms with Crippen LogP contribution in [0, 0.1) is 0 Å². The third kappa shape index (κ3) is 8.95. The Morgan fingerprint density at radius 2 is 0.671 bits per heavy atom. The van der Waals surface area contributed by atoms with Crippen LogP contribution in [0.1, 0.15) is 12.1 Å². The highest BCUT2D eigenvalue weighted by atomic mass is 15.3. The Morgan fingerprint density at radius 1 is 0.304 bits per heavy atom. The molecule has 2 aliphatic heterocycles. The van der Waals surface area contributed by atoms with Crippen LogP contribution in [0.4, 0.5) is 39.8 Å². The zero-order chi connectivity index (χ0) is 52.5. The van der Waals surface area contributed by atoms with Crippen LogP contribution in [0.5, 0.6) is 0 Å². The SMILES string of the molecule is C1=CC(N2B(c3ccccc3)N(c3ccc(-c4ccccn4)cc3)c3cc(-c4ccc5c(c4)N(c4ccc(-c6ccccn6)cc4)B(c4ccccc4)N5c4ccc(-c5ccccn5)cc4)ccc32)=CC=C(c2ccccn2)C1. The summed E-state index contributed by atoms with van der Waals surface area (Å²) in [7, 11) is 0. The van der Waals surface area contributed by atoms with Gasteiger partial charge in [0.1, 0.15) is 0 Å². The van der Waals surface area contributed by atoms with Crippen molar-refractivity contribution >= 4 is 70.3 Å². The van der Waals surface area contributed by atoms with Crippen molar-refractivity contribution in [2.24, 2.45) is 0 Å². The second-order valence-electron chi connectivity index (χ2n) is 19.8. The van der Waals surface area contributed by atoms with Crippen LogP contribution in [-0.2, 0) is 0 Å². The molecular formula is C69H50B2N8. The number of rotatable bonds is 11. The van der Waals surface area contributed by atoms with Gasteiger partial charge in [-0.05, 0) is 155 Å². The van der Waals surface area contributed by atoms with Gasteiger partial charge in [-0.25, -0.2) is 0 Å². The minimum Gasteiger partial charge on any atom is -0.360 e. The smallest absolute Gasteiger partial charge is 0.360 e. The molecule has 0 N–H and O–H groups in total. The molecule has 8 nitrogen and oxygen atoms in total. The van der Waals surface area contributed by atoms with Gasteiger partial charge in [-0.15, -0.1) is 0 Å². The van der Waals surface area contributed by atoms with Crippen LogP contribution in [0.3, 0.4) is 0 Å². The lowest BCUT2D eigenvalue weighted by molar-refractivity contribution is 1.23. The molecule has 0 radical (unpaired) electrons. The molecule has 0 spiro atoms. The molecule has 0 atom stereocenters. The van der Waals surface area contributed by atoms with Gasteiger partial charge in [0.15, 0.2) is 0 Å². The molecule has 14 rings (SSSR count). The highest BCUT2D eigenvalue weighted by molar-refractivity contribution is 6.85. The van der Waals surface area contributed by atoms with E-state index in [0.717, 1.165) is 103 Å². The Morgan fingerprint density at radius 3 is 1.09 bits per heavy atom. The molecule has 372 valence electrons. The van der Waals surface area contributed by atoms with E-state index in [0.29, 0.717) is 0 Å². The number of hydrogen-bond donors (Lipinski definition) is 0. The zero-order valence-electron chi connectivity index (χ0n) is 43.2. The first-order chi connectivity index (χ1) is 39.2. The number of hydrogen-bond acceptors (Lipinski definition) is 8. The molecule has 3 aliphatic rings. The first kappa shape index (κ1) is 47.2. The summed E-state index contributed by atoms with van der Waals surface area (Å²) < 4.78 is 0. The van der Waals surface area contributed by atoms with Crippen molar-refractivity contribution in [2.45, 2.75) is 6.42 Å². The van der Waals surface area contributed by atoms with E-state index in [-0.39, 0.29) is 14.0 Å². The van der Waals surface area contributed by atoms with E-state index in [4.69, 9.17) is 15.0 Å². The number of aromatic nitrogens is 4. The van der Waals surface area contributed by atoms with E-state index in [2.05, 4.69) is 249 Å². The third-order valence-electron chi connectivity index (χ3n) is 15.2. The van der Waals surface area contributed by atoms with Crippen LogP contribution in [0.25, 0.3) is 50.5 Å². The van der Waals surface area contributed by atoms with E-state index < -0.39 is 0 Å². The first-order valence-electron chi connectivity index (χ1n) is 26.8. The van der Waals surface area contributed by atoms with E-state index in [1.807, 2.05) is 67.3 Å². The fourth-order valence-electron chi connectivity index (χ4n) is 11.4. The van der Waals surface area contributed by atoms with Crippen LogP contribution in [-0.4, -0.2) is 33.9 Å². The molecule has 1 aliphatic carbocycles. The lowest BCUT2D eigenvalue weighted by Gasteiger charge is -2.30. The van der Waals surface area contributed by atoms with Gasteiger partial charge in [-0.3, -0.25) is 19.9 Å². The summed E-state index contributed by atoms with van der Waals surface area (Å²) in [6.07, 6.45) is 17.2. The molecule has 10 heteroatoms. The molecule has 0 saturated carbocycles. The quantitative estimate of drug-likeness (QED) is 0.119. The van der Waals surface area contributed by atoms with Crippen molar-refractivity contribution in [1.82, 2.24) is 19.9 Å². The average molecular weight is 1010 g/mol. The minimum atomic E-state index is -0.221. The summed E-state index contributed by atoms with van der Waals surface area (Å²) in [5.41, 5.74) is 21.4. The first-order valence-corrected chi connectivity index (χ1v) is 26.8. The summed E-state index contributed by atoms with van der Waals surface area (Å²) in [4.78, 5) is 28.8. The number of anilines is 7. The minimum absolute atomic E-state index is 0.217. The third-order valence-corrected chi connectivity index (χ3v) is 15.2. The average Bonchev–Trinajstić information content (AvgIpc) is 4.18. The van der Waals surface area contributed by atoms with Gasteiger partial charge >= 0.3 is 14.0 Å². The number of fused-ring (bicyclic) bond motifs is 2. The van der Waals surface area contributed by atoms with Gasteiger partial charge < -0.3 is 19.2 Å². The van der Waals surface area contributed by atoms with Crippen molar-refractivity contribution in [1.29, 1.82) is 0 Å². The second-order valence-corrected chi connectivity index (χ2v) is 19.8. The van der Waals surface area contributed by atoms with Crippen molar-refractivity contribution in [3.8, 4) is 44.9 Å². The maximum absolute atomic E-state index is 4.73. The second kappa shape index (κ2) is 20.7. The molecule has 0 bridgehead atoms. The van der Waals surface area contributed by atoms with Crippen LogP contribution in [0.15, 0.2) is 297 Å². The lowest BCUT2D eigenvalue weighted by Crippen LogP contribution is -2.54. The van der Waals surface area contributed by atoms with Gasteiger partial charge in [0, 0.05) is 64.2 Å². The van der Waals surface area contributed by atoms with Crippen LogP contribution < -0.4 is 30.2 Å². The summed E-state index contributed by atoms with van der Waals surface area (Å²) >= 11 is 0. The van der Waals surface area contributed by atoms with Crippen molar-refractivity contribution < 1.29 is 0 Å². The Bertz CT molecular complexity index is 4040. The summed E-state index contributed by atoms with van der Waals surface area (Å²) in [6, 6.07) is 86.5. The van der Waals surface area contributed by atoms with Crippen molar-refractivity contribution in [2.75, 3.05) is 19.2 Å². The van der Waals surface area contributed by atoms with Crippen molar-refractivity contribution in [3.05, 3.63) is 303 Å². The molecular weight excluding hydrogens is 962 g/mol. The fourth-order valence-corrected chi connectivity index (χ4v) is 11.4. The van der Waals surface area contributed by atoms with E-state index in [1.54, 1.807) is 0 Å². The molecule has 0 fully saturated rings.